The lowest BCUT2D eigenvalue weighted by Gasteiger charge is -2.31. The van der Waals surface area contributed by atoms with E-state index in [2.05, 4.69) is 26.4 Å². The summed E-state index contributed by atoms with van der Waals surface area (Å²) >= 11 is 3.22. The molecule has 1 aliphatic rings. The molecule has 0 bridgehead atoms. The molecule has 10 heteroatoms. The average molecular weight is 474 g/mol. The first-order chi connectivity index (χ1) is 13.2. The fraction of sp³-hybridized carbons (Fsp3) is 0.444. The summed E-state index contributed by atoms with van der Waals surface area (Å²) in [6.07, 6.45) is 1.17. The van der Waals surface area contributed by atoms with Crippen LogP contribution in [0.3, 0.4) is 0 Å². The van der Waals surface area contributed by atoms with Crippen LogP contribution in [-0.4, -0.2) is 36.9 Å². The van der Waals surface area contributed by atoms with Gasteiger partial charge in [-0.2, -0.15) is 4.31 Å². The molecule has 1 unspecified atom stereocenters. The number of aryl methyl sites for hydroxylation is 2. The molecule has 1 amide bonds. The third-order valence-corrected chi connectivity index (χ3v) is 7.28. The van der Waals surface area contributed by atoms with Crippen LogP contribution >= 0.6 is 15.9 Å². The van der Waals surface area contributed by atoms with Crippen molar-refractivity contribution in [2.24, 2.45) is 5.92 Å². The summed E-state index contributed by atoms with van der Waals surface area (Å²) in [6.45, 7) is 3.73. The van der Waals surface area contributed by atoms with Crippen molar-refractivity contribution in [2.45, 2.75) is 38.1 Å². The Labute approximate surface area is 171 Å². The molecule has 1 saturated heterocycles. The molecule has 1 aromatic carbocycles. The Bertz CT molecular complexity index is 953. The first-order valence-electron chi connectivity index (χ1n) is 8.84. The summed E-state index contributed by atoms with van der Waals surface area (Å²) in [5, 5.41) is 6.49. The van der Waals surface area contributed by atoms with Crippen LogP contribution in [0.25, 0.3) is 0 Å². The molecule has 0 aliphatic carbocycles. The minimum atomic E-state index is -3.78. The Kier molecular flexibility index (Phi) is 6.21. The van der Waals surface area contributed by atoms with Gasteiger partial charge < -0.3 is 9.84 Å². The normalized spacial score (nSPS) is 18.2. The van der Waals surface area contributed by atoms with E-state index in [9.17, 15) is 17.6 Å². The molecular weight excluding hydrogens is 453 g/mol. The molecule has 7 nitrogen and oxygen atoms in total. The first-order valence-corrected chi connectivity index (χ1v) is 11.1. The number of amides is 1. The standard InChI is InChI=1S/C18H21BrFN3O4S/c1-11-17(12(2)27-22-11)28(25,26)23-5-3-4-14(10-23)18(24)21-9-13-6-15(19)8-16(20)7-13/h6-8,14H,3-5,9-10H2,1-2H3,(H,21,24). The van der Waals surface area contributed by atoms with Gasteiger partial charge in [-0.25, -0.2) is 12.8 Å². The second kappa shape index (κ2) is 8.30. The largest absolute Gasteiger partial charge is 0.360 e. The van der Waals surface area contributed by atoms with E-state index < -0.39 is 21.8 Å². The zero-order chi connectivity index (χ0) is 20.5. The molecule has 1 N–H and O–H groups in total. The van der Waals surface area contributed by atoms with Crippen molar-refractivity contribution in [2.75, 3.05) is 13.1 Å². The summed E-state index contributed by atoms with van der Waals surface area (Å²) in [5.41, 5.74) is 0.928. The van der Waals surface area contributed by atoms with Crippen LogP contribution in [0.4, 0.5) is 4.39 Å². The number of carbonyl (C=O) groups is 1. The number of carbonyl (C=O) groups excluding carboxylic acids is 1. The van der Waals surface area contributed by atoms with E-state index in [4.69, 9.17) is 4.52 Å². The number of nitrogens with one attached hydrogen (secondary N) is 1. The zero-order valence-corrected chi connectivity index (χ0v) is 17.9. The van der Waals surface area contributed by atoms with Gasteiger partial charge in [-0.15, -0.1) is 0 Å². The van der Waals surface area contributed by atoms with Gasteiger partial charge >= 0.3 is 0 Å². The van der Waals surface area contributed by atoms with Crippen molar-refractivity contribution in [1.82, 2.24) is 14.8 Å². The molecule has 152 valence electrons. The Balaban J connectivity index is 1.68. The van der Waals surface area contributed by atoms with Crippen LogP contribution in [0.1, 0.15) is 29.9 Å². The summed E-state index contributed by atoms with van der Waals surface area (Å²) in [7, 11) is -3.78. The van der Waals surface area contributed by atoms with Crippen LogP contribution in [-0.2, 0) is 21.4 Å². The number of rotatable bonds is 5. The second-order valence-corrected chi connectivity index (χ2v) is 9.64. The molecule has 2 heterocycles. The Morgan fingerprint density at radius 1 is 1.39 bits per heavy atom. The number of nitrogens with zero attached hydrogens (tertiary/aromatic N) is 2. The van der Waals surface area contributed by atoms with E-state index in [-0.39, 0.29) is 29.7 Å². The Morgan fingerprint density at radius 2 is 2.14 bits per heavy atom. The lowest BCUT2D eigenvalue weighted by molar-refractivity contribution is -0.126. The molecule has 1 atom stereocenters. The number of hydrogen-bond acceptors (Lipinski definition) is 5. The number of benzene rings is 1. The number of piperidine rings is 1. The summed E-state index contributed by atoms with van der Waals surface area (Å²) in [5.74, 6) is -0.881. The van der Waals surface area contributed by atoms with Gasteiger partial charge in [0.1, 0.15) is 16.4 Å². The van der Waals surface area contributed by atoms with Crippen molar-refractivity contribution in [1.29, 1.82) is 0 Å². The zero-order valence-electron chi connectivity index (χ0n) is 15.5. The predicted octanol–water partition coefficient (Wildman–Crippen LogP) is 2.91. The maximum atomic E-state index is 13.5. The third-order valence-electron chi connectivity index (χ3n) is 4.71. The SMILES string of the molecule is Cc1noc(C)c1S(=O)(=O)N1CCCC(C(=O)NCc2cc(F)cc(Br)c2)C1. The number of sulfonamides is 1. The van der Waals surface area contributed by atoms with Crippen molar-refractivity contribution in [3.8, 4) is 0 Å². The molecule has 0 spiro atoms. The quantitative estimate of drug-likeness (QED) is 0.720. The Morgan fingerprint density at radius 3 is 2.79 bits per heavy atom. The maximum Gasteiger partial charge on any atom is 0.248 e. The van der Waals surface area contributed by atoms with Crippen molar-refractivity contribution < 1.29 is 22.1 Å². The number of halogens is 2. The molecule has 1 aromatic heterocycles. The smallest absolute Gasteiger partial charge is 0.248 e. The number of aromatic nitrogens is 1. The highest BCUT2D eigenvalue weighted by Crippen LogP contribution is 2.27. The van der Waals surface area contributed by atoms with Crippen molar-refractivity contribution in [3.05, 3.63) is 45.5 Å². The molecular formula is C18H21BrFN3O4S. The minimum absolute atomic E-state index is 0.0677. The molecule has 1 fully saturated rings. The van der Waals surface area contributed by atoms with Gasteiger partial charge in [0, 0.05) is 24.1 Å². The van der Waals surface area contributed by atoms with E-state index in [0.717, 1.165) is 0 Å². The van der Waals surface area contributed by atoms with Gasteiger partial charge in [0.25, 0.3) is 0 Å². The highest BCUT2D eigenvalue weighted by atomic mass is 79.9. The van der Waals surface area contributed by atoms with Gasteiger partial charge in [-0.3, -0.25) is 4.79 Å². The molecule has 0 saturated carbocycles. The van der Waals surface area contributed by atoms with Gasteiger partial charge in [0.2, 0.25) is 15.9 Å². The van der Waals surface area contributed by atoms with Gasteiger partial charge in [-0.1, -0.05) is 21.1 Å². The van der Waals surface area contributed by atoms with E-state index in [1.165, 1.54) is 16.4 Å². The Hall–Kier alpha value is -1.78. The summed E-state index contributed by atoms with van der Waals surface area (Å²) in [4.78, 5) is 12.6. The van der Waals surface area contributed by atoms with Gasteiger partial charge in [0.15, 0.2) is 5.76 Å². The summed E-state index contributed by atoms with van der Waals surface area (Å²) < 4.78 is 46.3. The van der Waals surface area contributed by atoms with Gasteiger partial charge in [-0.05, 0) is 50.5 Å². The first kappa shape index (κ1) is 20.9. The molecule has 3 rings (SSSR count). The van der Waals surface area contributed by atoms with Gasteiger partial charge in [0.05, 0.1) is 5.92 Å². The van der Waals surface area contributed by atoms with E-state index in [0.29, 0.717) is 35.1 Å². The van der Waals surface area contributed by atoms with Crippen molar-refractivity contribution >= 4 is 31.9 Å². The second-order valence-electron chi connectivity index (χ2n) is 6.85. The van der Waals surface area contributed by atoms with Crippen LogP contribution < -0.4 is 5.32 Å². The van der Waals surface area contributed by atoms with Crippen molar-refractivity contribution in [3.63, 3.8) is 0 Å². The highest BCUT2D eigenvalue weighted by molar-refractivity contribution is 9.10. The molecule has 28 heavy (non-hydrogen) atoms. The molecule has 2 aromatic rings. The lowest BCUT2D eigenvalue weighted by atomic mass is 9.99. The fourth-order valence-corrected chi connectivity index (χ4v) is 5.72. The predicted molar refractivity (Wildman–Crippen MR) is 103 cm³/mol. The average Bonchev–Trinajstić information content (AvgIpc) is 2.98. The van der Waals surface area contributed by atoms with Crippen LogP contribution in [0.15, 0.2) is 32.1 Å². The third kappa shape index (κ3) is 4.44. The monoisotopic (exact) mass is 473 g/mol. The minimum Gasteiger partial charge on any atom is -0.360 e. The lowest BCUT2D eigenvalue weighted by Crippen LogP contribution is -2.45. The fourth-order valence-electron chi connectivity index (χ4n) is 3.39. The van der Waals surface area contributed by atoms with Crippen LogP contribution in [0, 0.1) is 25.6 Å². The van der Waals surface area contributed by atoms with Crippen LogP contribution in [0.2, 0.25) is 0 Å². The number of hydrogen-bond donors (Lipinski definition) is 1. The van der Waals surface area contributed by atoms with E-state index in [1.807, 2.05) is 0 Å². The van der Waals surface area contributed by atoms with E-state index >= 15 is 0 Å². The van der Waals surface area contributed by atoms with Crippen LogP contribution in [0.5, 0.6) is 0 Å². The van der Waals surface area contributed by atoms with E-state index in [1.54, 1.807) is 19.9 Å². The maximum absolute atomic E-state index is 13.5. The topological polar surface area (TPSA) is 92.5 Å². The molecule has 0 radical (unpaired) electrons. The summed E-state index contributed by atoms with van der Waals surface area (Å²) in [6, 6.07) is 4.41. The highest BCUT2D eigenvalue weighted by Gasteiger charge is 2.36. The molecule has 1 aliphatic heterocycles.